The van der Waals surface area contributed by atoms with E-state index in [2.05, 4.69) is 35.1 Å². The second-order valence-electron chi connectivity index (χ2n) is 8.93. The van der Waals surface area contributed by atoms with Crippen molar-refractivity contribution in [3.05, 3.63) is 0 Å². The number of ether oxygens (including phenoxy) is 1. The average molecular weight is 573 g/mol. The first-order valence-electron chi connectivity index (χ1n) is 13.5. The van der Waals surface area contributed by atoms with Crippen LogP contribution in [0.4, 0.5) is 0 Å². The van der Waals surface area contributed by atoms with Crippen molar-refractivity contribution in [3.63, 3.8) is 0 Å². The highest BCUT2D eigenvalue weighted by atomic mass is 79.9. The fourth-order valence-corrected chi connectivity index (χ4v) is 4.74. The molecule has 0 heterocycles. The number of alkyl halides is 1. The Morgan fingerprint density at radius 3 is 1.91 bits per heavy atom. The number of carbonyl (C=O) groups excluding carboxylic acids is 1. The van der Waals surface area contributed by atoms with Crippen LogP contribution in [-0.2, 0) is 23.1 Å². The zero-order valence-corrected chi connectivity index (χ0v) is 24.2. The molecule has 9 heteroatoms. The number of hydrogen-bond donors (Lipinski definition) is 2. The molecule has 0 bridgehead atoms. The number of phosphoric ester groups is 1. The summed E-state index contributed by atoms with van der Waals surface area (Å²) in [6.45, 7) is 5.18. The maximum absolute atomic E-state index is 12.2. The van der Waals surface area contributed by atoms with Crippen LogP contribution in [-0.4, -0.2) is 48.6 Å². The second-order valence-corrected chi connectivity index (χ2v) is 11.2. The van der Waals surface area contributed by atoms with E-state index in [0.717, 1.165) is 25.7 Å². The molecule has 0 aromatic rings. The molecule has 1 amide bonds. The Kier molecular flexibility index (Phi) is 24.7. The Hall–Kier alpha value is 0.0200. The Morgan fingerprint density at radius 1 is 0.824 bits per heavy atom. The molecule has 0 aliphatic carbocycles. The van der Waals surface area contributed by atoms with E-state index >= 15 is 0 Å². The van der Waals surface area contributed by atoms with Crippen LogP contribution in [0, 0.1) is 0 Å². The van der Waals surface area contributed by atoms with Crippen LogP contribution < -0.4 is 5.32 Å². The molecule has 0 aliphatic heterocycles. The van der Waals surface area contributed by atoms with Crippen LogP contribution in [0.25, 0.3) is 0 Å². The number of halogens is 1. The normalized spacial score (nSPS) is 14.1. The van der Waals surface area contributed by atoms with E-state index in [1.54, 1.807) is 0 Å². The molecule has 7 nitrogen and oxygen atoms in total. The van der Waals surface area contributed by atoms with E-state index in [4.69, 9.17) is 13.8 Å². The highest BCUT2D eigenvalue weighted by Crippen LogP contribution is 2.43. The number of rotatable bonds is 26. The first kappa shape index (κ1) is 34.0. The third kappa shape index (κ3) is 23.7. The summed E-state index contributed by atoms with van der Waals surface area (Å²) in [4.78, 5) is 22.0. The lowest BCUT2D eigenvalue weighted by Crippen LogP contribution is -2.36. The first-order chi connectivity index (χ1) is 16.4. The number of amides is 1. The molecule has 0 rings (SSSR count). The number of hydrogen-bond acceptors (Lipinski definition) is 5. The minimum atomic E-state index is -4.13. The van der Waals surface area contributed by atoms with Crippen LogP contribution in [0.3, 0.4) is 0 Å². The van der Waals surface area contributed by atoms with Gasteiger partial charge in [-0.2, -0.15) is 0 Å². The summed E-state index contributed by atoms with van der Waals surface area (Å²) in [6.07, 6.45) is 17.8. The van der Waals surface area contributed by atoms with Gasteiger partial charge in [-0.05, 0) is 12.8 Å². The number of nitrogens with one attached hydrogen (secondary N) is 1. The highest BCUT2D eigenvalue weighted by Gasteiger charge is 2.23. The lowest BCUT2D eigenvalue weighted by molar-refractivity contribution is -0.122. The van der Waals surface area contributed by atoms with Gasteiger partial charge >= 0.3 is 7.82 Å². The average Bonchev–Trinajstić information content (AvgIpc) is 2.82. The Bertz CT molecular complexity index is 512. The molecule has 0 saturated heterocycles. The summed E-state index contributed by atoms with van der Waals surface area (Å²) in [5.41, 5.74) is 0. The molecule has 0 aromatic carbocycles. The molecule has 2 unspecified atom stereocenters. The monoisotopic (exact) mass is 571 g/mol. The summed E-state index contributed by atoms with van der Waals surface area (Å²) in [5.74, 6) is -0.0150. The molecular formula is C25H51BrNO6P. The van der Waals surface area contributed by atoms with Crippen LogP contribution >= 0.6 is 23.8 Å². The largest absolute Gasteiger partial charge is 0.472 e. The van der Waals surface area contributed by atoms with Crippen molar-refractivity contribution < 1.29 is 28.0 Å². The Balaban J connectivity index is 4.17. The molecule has 2 atom stereocenters. The van der Waals surface area contributed by atoms with Gasteiger partial charge in [-0.3, -0.25) is 13.8 Å². The number of unbranched alkanes of at least 4 members (excludes halogenated alkanes) is 13. The van der Waals surface area contributed by atoms with Crippen LogP contribution in [0.2, 0.25) is 0 Å². The molecule has 204 valence electrons. The lowest BCUT2D eigenvalue weighted by Gasteiger charge is -2.20. The maximum Gasteiger partial charge on any atom is 0.472 e. The van der Waals surface area contributed by atoms with Crippen LogP contribution in [0.5, 0.6) is 0 Å². The van der Waals surface area contributed by atoms with Crippen molar-refractivity contribution in [2.75, 3.05) is 31.7 Å². The van der Waals surface area contributed by atoms with Crippen LogP contribution in [0.15, 0.2) is 0 Å². The van der Waals surface area contributed by atoms with Crippen LogP contribution in [0.1, 0.15) is 117 Å². The smallest absolute Gasteiger partial charge is 0.374 e. The van der Waals surface area contributed by atoms with Crippen molar-refractivity contribution in [2.45, 2.75) is 123 Å². The molecule has 0 aliphatic rings. The van der Waals surface area contributed by atoms with Gasteiger partial charge in [0.2, 0.25) is 5.91 Å². The summed E-state index contributed by atoms with van der Waals surface area (Å²) in [5, 5.41) is 3.33. The predicted molar refractivity (Wildman–Crippen MR) is 143 cm³/mol. The Labute approximate surface area is 217 Å². The van der Waals surface area contributed by atoms with Gasteiger partial charge in [0, 0.05) is 24.9 Å². The van der Waals surface area contributed by atoms with Crippen molar-refractivity contribution in [1.29, 1.82) is 0 Å². The molecule has 0 aromatic heterocycles. The fraction of sp³-hybridized carbons (Fsp3) is 0.960. The molecule has 2 N–H and O–H groups in total. The van der Waals surface area contributed by atoms with E-state index < -0.39 is 13.9 Å². The zero-order chi connectivity index (χ0) is 25.3. The standard InChI is InChI=1S/C25H51BrNO6P/c1-3-5-7-9-11-12-13-14-16-18-25(28)27-22-24(23-33-34(29,30)32-21-19-26)31-20-17-15-10-8-6-4-2/h24H,3-23H2,1-2H3,(H,27,28)(H,29,30). The summed E-state index contributed by atoms with van der Waals surface area (Å²) in [6, 6.07) is 0. The molecule has 0 radical (unpaired) electrons. The van der Waals surface area contributed by atoms with E-state index in [0.29, 0.717) is 18.4 Å². The van der Waals surface area contributed by atoms with Gasteiger partial charge in [-0.1, -0.05) is 113 Å². The molecular weight excluding hydrogens is 521 g/mol. The second kappa shape index (κ2) is 24.7. The molecule has 0 spiro atoms. The van der Waals surface area contributed by atoms with Gasteiger partial charge in [0.1, 0.15) is 0 Å². The molecule has 0 fully saturated rings. The third-order valence-electron chi connectivity index (χ3n) is 5.64. The van der Waals surface area contributed by atoms with Gasteiger partial charge in [-0.25, -0.2) is 4.57 Å². The van der Waals surface area contributed by atoms with Gasteiger partial charge < -0.3 is 14.9 Å². The van der Waals surface area contributed by atoms with E-state index in [-0.39, 0.29) is 25.7 Å². The fourth-order valence-electron chi connectivity index (χ4n) is 3.58. The van der Waals surface area contributed by atoms with Gasteiger partial charge in [0.25, 0.3) is 0 Å². The van der Waals surface area contributed by atoms with E-state index in [1.807, 2.05) is 0 Å². The third-order valence-corrected chi connectivity index (χ3v) is 6.95. The topological polar surface area (TPSA) is 94.1 Å². The van der Waals surface area contributed by atoms with E-state index in [9.17, 15) is 14.3 Å². The van der Waals surface area contributed by atoms with Crippen molar-refractivity contribution in [1.82, 2.24) is 5.32 Å². The quantitative estimate of drug-likeness (QED) is 0.0642. The number of phosphoric acid groups is 1. The summed E-state index contributed by atoms with van der Waals surface area (Å²) in [7, 11) is -4.13. The Morgan fingerprint density at radius 2 is 1.35 bits per heavy atom. The van der Waals surface area contributed by atoms with Gasteiger partial charge in [-0.15, -0.1) is 0 Å². The SMILES string of the molecule is CCCCCCCCCCCC(=O)NCC(COP(=O)(O)OCCBr)OCCCCCCCC. The summed E-state index contributed by atoms with van der Waals surface area (Å²) >= 11 is 3.15. The predicted octanol–water partition coefficient (Wildman–Crippen LogP) is 7.30. The lowest BCUT2D eigenvalue weighted by atomic mass is 10.1. The van der Waals surface area contributed by atoms with Gasteiger partial charge in [0.05, 0.1) is 19.3 Å². The number of carbonyl (C=O) groups is 1. The summed E-state index contributed by atoms with van der Waals surface area (Å²) < 4.78 is 27.7. The van der Waals surface area contributed by atoms with E-state index in [1.165, 1.54) is 70.6 Å². The minimum Gasteiger partial charge on any atom is -0.374 e. The van der Waals surface area contributed by atoms with Gasteiger partial charge in [0.15, 0.2) is 0 Å². The van der Waals surface area contributed by atoms with Crippen molar-refractivity contribution in [3.8, 4) is 0 Å². The minimum absolute atomic E-state index is 0.0150. The van der Waals surface area contributed by atoms with Crippen molar-refractivity contribution in [2.24, 2.45) is 0 Å². The maximum atomic E-state index is 12.2. The molecule has 34 heavy (non-hydrogen) atoms. The highest BCUT2D eigenvalue weighted by molar-refractivity contribution is 9.09. The first-order valence-corrected chi connectivity index (χ1v) is 16.1. The van der Waals surface area contributed by atoms with Crippen molar-refractivity contribution >= 4 is 29.7 Å². The zero-order valence-electron chi connectivity index (χ0n) is 21.7. The molecule has 0 saturated carbocycles.